The van der Waals surface area contributed by atoms with Gasteiger partial charge in [0, 0.05) is 18.0 Å². The molecule has 0 fully saturated rings. The van der Waals surface area contributed by atoms with Gasteiger partial charge in [0.25, 0.3) is 5.91 Å². The lowest BCUT2D eigenvalue weighted by Crippen LogP contribution is -2.37. The van der Waals surface area contributed by atoms with Crippen molar-refractivity contribution in [3.8, 4) is 0 Å². The third-order valence-corrected chi connectivity index (χ3v) is 3.33. The van der Waals surface area contributed by atoms with Crippen LogP contribution in [0.5, 0.6) is 0 Å². The summed E-state index contributed by atoms with van der Waals surface area (Å²) < 4.78 is 0. The normalized spacial score (nSPS) is 13.1. The number of nitrogens with zero attached hydrogens (tertiary/aromatic N) is 1. The zero-order valence-electron chi connectivity index (χ0n) is 10.4. The van der Waals surface area contributed by atoms with E-state index in [9.17, 15) is 4.79 Å². The number of hydrogen-bond donors (Lipinski definition) is 3. The van der Waals surface area contributed by atoms with Crippen LogP contribution < -0.4 is 11.1 Å². The predicted octanol–water partition coefficient (Wildman–Crippen LogP) is 2.64. The lowest BCUT2D eigenvalue weighted by atomic mass is 10.1. The average Bonchev–Trinajstić information content (AvgIpc) is 2.40. The van der Waals surface area contributed by atoms with Crippen molar-refractivity contribution in [3.05, 3.63) is 33.8 Å². The van der Waals surface area contributed by atoms with Gasteiger partial charge in [-0.05, 0) is 24.6 Å². The minimum Gasteiger partial charge on any atom is -0.409 e. The molecule has 0 aliphatic heterocycles. The molecule has 0 heterocycles. The number of nitrogens with one attached hydrogen (secondary N) is 1. The Balaban J connectivity index is 2.74. The SMILES string of the molecule is CCC(CC(N)=NO)NC(=O)c1ccc(Cl)c(Cl)c1. The van der Waals surface area contributed by atoms with Crippen LogP contribution in [0.25, 0.3) is 0 Å². The first-order chi connectivity index (χ1) is 8.97. The van der Waals surface area contributed by atoms with Gasteiger partial charge in [-0.3, -0.25) is 4.79 Å². The van der Waals surface area contributed by atoms with Gasteiger partial charge in [0.15, 0.2) is 0 Å². The maximum Gasteiger partial charge on any atom is 0.251 e. The minimum absolute atomic E-state index is 0.0706. The molecular formula is C12H15Cl2N3O2. The highest BCUT2D eigenvalue weighted by molar-refractivity contribution is 6.42. The first-order valence-electron chi connectivity index (χ1n) is 5.70. The quantitative estimate of drug-likeness (QED) is 0.338. The second-order valence-corrected chi connectivity index (χ2v) is 4.82. The van der Waals surface area contributed by atoms with Crippen molar-refractivity contribution in [2.45, 2.75) is 25.8 Å². The highest BCUT2D eigenvalue weighted by Gasteiger charge is 2.14. The molecule has 1 rings (SSSR count). The number of oxime groups is 1. The second kappa shape index (κ2) is 7.21. The maximum atomic E-state index is 12.0. The molecule has 1 aromatic carbocycles. The summed E-state index contributed by atoms with van der Waals surface area (Å²) in [4.78, 5) is 12.0. The first-order valence-corrected chi connectivity index (χ1v) is 6.45. The van der Waals surface area contributed by atoms with E-state index in [1.807, 2.05) is 6.92 Å². The Morgan fingerprint density at radius 3 is 2.68 bits per heavy atom. The van der Waals surface area contributed by atoms with Gasteiger partial charge >= 0.3 is 0 Å². The lowest BCUT2D eigenvalue weighted by molar-refractivity contribution is 0.0937. The zero-order valence-corrected chi connectivity index (χ0v) is 11.9. The third kappa shape index (κ3) is 4.61. The Morgan fingerprint density at radius 2 is 2.16 bits per heavy atom. The summed E-state index contributed by atoms with van der Waals surface area (Å²) in [7, 11) is 0. The first kappa shape index (κ1) is 15.6. The number of halogens is 2. The van der Waals surface area contributed by atoms with Gasteiger partial charge in [-0.1, -0.05) is 35.3 Å². The number of carbonyl (C=O) groups excluding carboxylic acids is 1. The zero-order chi connectivity index (χ0) is 14.4. The fourth-order valence-electron chi connectivity index (χ4n) is 1.50. The standard InChI is InChI=1S/C12H15Cl2N3O2/c1-2-8(6-11(15)17-19)16-12(18)7-3-4-9(13)10(14)5-7/h3-5,8,19H,2,6H2,1H3,(H2,15,17)(H,16,18). The van der Waals surface area contributed by atoms with Crippen LogP contribution in [0.2, 0.25) is 10.0 Å². The van der Waals surface area contributed by atoms with E-state index in [1.54, 1.807) is 12.1 Å². The highest BCUT2D eigenvalue weighted by atomic mass is 35.5. The molecule has 1 aromatic rings. The summed E-state index contributed by atoms with van der Waals surface area (Å²) in [6, 6.07) is 4.43. The van der Waals surface area contributed by atoms with Crippen molar-refractivity contribution in [2.24, 2.45) is 10.9 Å². The number of amidine groups is 1. The van der Waals surface area contributed by atoms with Crippen LogP contribution in [0, 0.1) is 0 Å². The molecule has 0 aromatic heterocycles. The molecule has 19 heavy (non-hydrogen) atoms. The Hall–Kier alpha value is -1.46. The van der Waals surface area contributed by atoms with E-state index in [0.717, 1.165) is 0 Å². The van der Waals surface area contributed by atoms with Crippen LogP contribution in [0.4, 0.5) is 0 Å². The van der Waals surface area contributed by atoms with Crippen LogP contribution in [0.3, 0.4) is 0 Å². The average molecular weight is 304 g/mol. The Kier molecular flexibility index (Phi) is 5.92. The number of rotatable bonds is 5. The number of carbonyl (C=O) groups is 1. The van der Waals surface area contributed by atoms with E-state index in [-0.39, 0.29) is 24.2 Å². The second-order valence-electron chi connectivity index (χ2n) is 4.00. The summed E-state index contributed by atoms with van der Waals surface area (Å²) in [6.07, 6.45) is 0.934. The van der Waals surface area contributed by atoms with E-state index in [0.29, 0.717) is 22.0 Å². The molecule has 7 heteroatoms. The number of amides is 1. The molecule has 1 atom stereocenters. The maximum absolute atomic E-state index is 12.0. The molecule has 0 bridgehead atoms. The highest BCUT2D eigenvalue weighted by Crippen LogP contribution is 2.22. The summed E-state index contributed by atoms with van der Waals surface area (Å²) in [5, 5.41) is 14.9. The summed E-state index contributed by atoms with van der Waals surface area (Å²) in [6.45, 7) is 1.89. The Morgan fingerprint density at radius 1 is 1.47 bits per heavy atom. The smallest absolute Gasteiger partial charge is 0.251 e. The fourth-order valence-corrected chi connectivity index (χ4v) is 1.79. The third-order valence-electron chi connectivity index (χ3n) is 2.59. The van der Waals surface area contributed by atoms with E-state index in [1.165, 1.54) is 6.07 Å². The van der Waals surface area contributed by atoms with E-state index >= 15 is 0 Å². The fraction of sp³-hybridized carbons (Fsp3) is 0.333. The molecule has 0 aliphatic carbocycles. The number of nitrogens with two attached hydrogens (primary N) is 1. The molecule has 0 spiro atoms. The van der Waals surface area contributed by atoms with Crippen LogP contribution >= 0.6 is 23.2 Å². The van der Waals surface area contributed by atoms with E-state index in [4.69, 9.17) is 34.1 Å². The Bertz CT molecular complexity index is 492. The molecule has 0 aliphatic rings. The summed E-state index contributed by atoms with van der Waals surface area (Å²) in [5.74, 6) is -0.211. The van der Waals surface area contributed by atoms with Gasteiger partial charge < -0.3 is 16.3 Å². The summed E-state index contributed by atoms with van der Waals surface area (Å²) in [5.41, 5.74) is 5.83. The molecule has 5 nitrogen and oxygen atoms in total. The van der Waals surface area contributed by atoms with E-state index < -0.39 is 0 Å². The van der Waals surface area contributed by atoms with Gasteiger partial charge in [0.2, 0.25) is 0 Å². The summed E-state index contributed by atoms with van der Waals surface area (Å²) >= 11 is 11.6. The topological polar surface area (TPSA) is 87.7 Å². The van der Waals surface area contributed by atoms with Crippen molar-refractivity contribution in [3.63, 3.8) is 0 Å². The van der Waals surface area contributed by atoms with Crippen molar-refractivity contribution in [2.75, 3.05) is 0 Å². The largest absolute Gasteiger partial charge is 0.409 e. The predicted molar refractivity (Wildman–Crippen MR) is 76.0 cm³/mol. The molecule has 1 amide bonds. The number of hydrogen-bond acceptors (Lipinski definition) is 3. The molecule has 4 N–H and O–H groups in total. The van der Waals surface area contributed by atoms with Gasteiger partial charge in [0.1, 0.15) is 5.84 Å². The van der Waals surface area contributed by atoms with Crippen LogP contribution in [0.1, 0.15) is 30.1 Å². The lowest BCUT2D eigenvalue weighted by Gasteiger charge is -2.16. The van der Waals surface area contributed by atoms with Gasteiger partial charge in [0.05, 0.1) is 10.0 Å². The van der Waals surface area contributed by atoms with Crippen molar-refractivity contribution in [1.82, 2.24) is 5.32 Å². The van der Waals surface area contributed by atoms with Crippen LogP contribution in [-0.2, 0) is 0 Å². The van der Waals surface area contributed by atoms with E-state index in [2.05, 4.69) is 10.5 Å². The monoisotopic (exact) mass is 303 g/mol. The molecular weight excluding hydrogens is 289 g/mol. The van der Waals surface area contributed by atoms with Gasteiger partial charge in [-0.2, -0.15) is 0 Å². The molecule has 0 saturated carbocycles. The molecule has 0 radical (unpaired) electrons. The van der Waals surface area contributed by atoms with Crippen molar-refractivity contribution < 1.29 is 10.0 Å². The molecule has 104 valence electrons. The Labute approximate surface area is 121 Å². The van der Waals surface area contributed by atoms with Gasteiger partial charge in [-0.25, -0.2) is 0 Å². The van der Waals surface area contributed by atoms with Crippen molar-refractivity contribution >= 4 is 34.9 Å². The number of benzene rings is 1. The molecule has 0 saturated heterocycles. The van der Waals surface area contributed by atoms with Crippen molar-refractivity contribution in [1.29, 1.82) is 0 Å². The molecule has 1 unspecified atom stereocenters. The van der Waals surface area contributed by atoms with Crippen LogP contribution in [0.15, 0.2) is 23.4 Å². The van der Waals surface area contributed by atoms with Gasteiger partial charge in [-0.15, -0.1) is 0 Å². The minimum atomic E-state index is -0.281. The van der Waals surface area contributed by atoms with Crippen LogP contribution in [-0.4, -0.2) is 23.0 Å².